The first-order chi connectivity index (χ1) is 7.09. The number of hydrogen-bond acceptors (Lipinski definition) is 1. The molecule has 1 aromatic rings. The van der Waals surface area contributed by atoms with Crippen molar-refractivity contribution in [3.8, 4) is 0 Å². The second-order valence-corrected chi connectivity index (χ2v) is 3.51. The Morgan fingerprint density at radius 2 is 2.13 bits per heavy atom. The Morgan fingerprint density at radius 1 is 1.40 bits per heavy atom. The number of rotatable bonds is 1. The van der Waals surface area contributed by atoms with E-state index in [-0.39, 0.29) is 10.7 Å². The van der Waals surface area contributed by atoms with Gasteiger partial charge in [-0.05, 0) is 6.07 Å². The highest BCUT2D eigenvalue weighted by molar-refractivity contribution is 6.33. The van der Waals surface area contributed by atoms with Gasteiger partial charge >= 0.3 is 6.03 Å². The number of hydrogen-bond donors (Lipinski definition) is 1. The Labute approximate surface area is 89.6 Å². The normalized spacial score (nSPS) is 15.7. The standard InChI is InChI=1S/C9H7ClF2N2O/c10-6-3-5(11)4-7(12)8(6)14-2-1-13-9(14)15/h3-4H,1-2H2,(H,13,15). The minimum Gasteiger partial charge on any atom is -0.336 e. The van der Waals surface area contributed by atoms with Gasteiger partial charge in [0.2, 0.25) is 0 Å². The number of halogens is 3. The lowest BCUT2D eigenvalue weighted by atomic mass is 10.2. The van der Waals surface area contributed by atoms with Crippen molar-refractivity contribution in [3.63, 3.8) is 0 Å². The summed E-state index contributed by atoms with van der Waals surface area (Å²) < 4.78 is 26.1. The van der Waals surface area contributed by atoms with E-state index in [9.17, 15) is 13.6 Å². The van der Waals surface area contributed by atoms with Crippen LogP contribution in [0, 0.1) is 11.6 Å². The Kier molecular flexibility index (Phi) is 2.48. The first-order valence-electron chi connectivity index (χ1n) is 4.29. The van der Waals surface area contributed by atoms with Crippen molar-refractivity contribution < 1.29 is 13.6 Å². The predicted molar refractivity (Wildman–Crippen MR) is 52.1 cm³/mol. The molecule has 2 rings (SSSR count). The third-order valence-electron chi connectivity index (χ3n) is 2.11. The average molecular weight is 233 g/mol. The number of benzene rings is 1. The van der Waals surface area contributed by atoms with E-state index in [1.807, 2.05) is 0 Å². The van der Waals surface area contributed by atoms with Gasteiger partial charge < -0.3 is 5.32 Å². The van der Waals surface area contributed by atoms with E-state index in [4.69, 9.17) is 11.6 Å². The molecule has 6 heteroatoms. The van der Waals surface area contributed by atoms with Crippen LogP contribution in [-0.2, 0) is 0 Å². The Morgan fingerprint density at radius 3 is 2.67 bits per heavy atom. The molecule has 15 heavy (non-hydrogen) atoms. The molecule has 1 saturated heterocycles. The predicted octanol–water partition coefficient (Wildman–Crippen LogP) is 2.15. The first-order valence-corrected chi connectivity index (χ1v) is 4.67. The van der Waals surface area contributed by atoms with Crippen LogP contribution >= 0.6 is 11.6 Å². The minimum absolute atomic E-state index is 0.0759. The SMILES string of the molecule is O=C1NCCN1c1c(F)cc(F)cc1Cl. The molecule has 1 aliphatic rings. The largest absolute Gasteiger partial charge is 0.336 e. The number of amides is 2. The van der Waals surface area contributed by atoms with Crippen molar-refractivity contribution in [2.75, 3.05) is 18.0 Å². The van der Waals surface area contributed by atoms with E-state index >= 15 is 0 Å². The van der Waals surface area contributed by atoms with E-state index < -0.39 is 17.7 Å². The van der Waals surface area contributed by atoms with Crippen LogP contribution in [0.4, 0.5) is 19.3 Å². The molecule has 3 nitrogen and oxygen atoms in total. The van der Waals surface area contributed by atoms with Crippen molar-refractivity contribution in [2.24, 2.45) is 0 Å². The van der Waals surface area contributed by atoms with Crippen molar-refractivity contribution in [1.82, 2.24) is 5.32 Å². The molecule has 0 radical (unpaired) electrons. The molecule has 0 saturated carbocycles. The molecule has 0 bridgehead atoms. The summed E-state index contributed by atoms with van der Waals surface area (Å²) >= 11 is 5.68. The lowest BCUT2D eigenvalue weighted by Gasteiger charge is -2.16. The fraction of sp³-hybridized carbons (Fsp3) is 0.222. The molecular weight excluding hydrogens is 226 g/mol. The Bertz CT molecular complexity index is 402. The number of urea groups is 1. The number of anilines is 1. The van der Waals surface area contributed by atoms with E-state index in [1.165, 1.54) is 0 Å². The van der Waals surface area contributed by atoms with E-state index in [0.29, 0.717) is 19.2 Å². The fourth-order valence-corrected chi connectivity index (χ4v) is 1.77. The number of carbonyl (C=O) groups excluding carboxylic acids is 1. The quantitative estimate of drug-likeness (QED) is 0.791. The molecule has 0 spiro atoms. The minimum atomic E-state index is -0.836. The monoisotopic (exact) mass is 232 g/mol. The second kappa shape index (κ2) is 3.66. The van der Waals surface area contributed by atoms with Crippen LogP contribution in [0.2, 0.25) is 5.02 Å². The zero-order valence-electron chi connectivity index (χ0n) is 7.56. The molecule has 1 aliphatic heterocycles. The van der Waals surface area contributed by atoms with Gasteiger partial charge in [0.25, 0.3) is 0 Å². The topological polar surface area (TPSA) is 32.3 Å². The van der Waals surface area contributed by atoms with Crippen molar-refractivity contribution in [1.29, 1.82) is 0 Å². The molecule has 80 valence electrons. The van der Waals surface area contributed by atoms with E-state index in [1.54, 1.807) is 0 Å². The maximum Gasteiger partial charge on any atom is 0.322 e. The summed E-state index contributed by atoms with van der Waals surface area (Å²) in [7, 11) is 0. The maximum atomic E-state index is 13.4. The Balaban J connectivity index is 2.47. The van der Waals surface area contributed by atoms with E-state index in [2.05, 4.69) is 5.32 Å². The van der Waals surface area contributed by atoms with Crippen LogP contribution in [0.1, 0.15) is 0 Å². The molecule has 0 aliphatic carbocycles. The molecule has 0 unspecified atom stereocenters. The summed E-state index contributed by atoms with van der Waals surface area (Å²) in [5.41, 5.74) is -0.0759. The highest BCUT2D eigenvalue weighted by atomic mass is 35.5. The number of nitrogens with one attached hydrogen (secondary N) is 1. The molecule has 1 fully saturated rings. The van der Waals surface area contributed by atoms with Crippen molar-refractivity contribution in [3.05, 3.63) is 28.8 Å². The van der Waals surface area contributed by atoms with Crippen LogP contribution in [0.3, 0.4) is 0 Å². The summed E-state index contributed by atoms with van der Waals surface area (Å²) in [5, 5.41) is 2.40. The zero-order valence-corrected chi connectivity index (χ0v) is 8.31. The highest BCUT2D eigenvalue weighted by Crippen LogP contribution is 2.30. The number of carbonyl (C=O) groups is 1. The summed E-state index contributed by atoms with van der Waals surface area (Å²) in [6.07, 6.45) is 0. The summed E-state index contributed by atoms with van der Waals surface area (Å²) in [4.78, 5) is 12.4. The Hall–Kier alpha value is -1.36. The lowest BCUT2D eigenvalue weighted by Crippen LogP contribution is -2.28. The van der Waals surface area contributed by atoms with Crippen LogP contribution in [0.15, 0.2) is 12.1 Å². The smallest absolute Gasteiger partial charge is 0.322 e. The first kappa shape index (κ1) is 10.2. The third-order valence-corrected chi connectivity index (χ3v) is 2.40. The molecule has 2 amide bonds. The molecule has 1 heterocycles. The van der Waals surface area contributed by atoms with Gasteiger partial charge in [-0.15, -0.1) is 0 Å². The van der Waals surface area contributed by atoms with Crippen LogP contribution in [0.5, 0.6) is 0 Å². The molecule has 1 N–H and O–H groups in total. The van der Waals surface area contributed by atoms with Gasteiger partial charge in [0.1, 0.15) is 11.5 Å². The number of nitrogens with zero attached hydrogens (tertiary/aromatic N) is 1. The maximum absolute atomic E-state index is 13.4. The van der Waals surface area contributed by atoms with Gasteiger partial charge in [-0.1, -0.05) is 11.6 Å². The lowest BCUT2D eigenvalue weighted by molar-refractivity contribution is 0.252. The highest BCUT2D eigenvalue weighted by Gasteiger charge is 2.26. The van der Waals surface area contributed by atoms with Gasteiger partial charge in [-0.3, -0.25) is 4.90 Å². The van der Waals surface area contributed by atoms with Crippen LogP contribution in [-0.4, -0.2) is 19.1 Å². The van der Waals surface area contributed by atoms with Crippen molar-refractivity contribution in [2.45, 2.75) is 0 Å². The zero-order chi connectivity index (χ0) is 11.0. The van der Waals surface area contributed by atoms with Gasteiger partial charge in [-0.2, -0.15) is 0 Å². The molecular formula is C9H7ClF2N2O. The summed E-state index contributed by atoms with van der Waals surface area (Å²) in [5.74, 6) is -1.60. The van der Waals surface area contributed by atoms with Crippen molar-refractivity contribution >= 4 is 23.3 Å². The molecule has 0 aromatic heterocycles. The molecule has 0 atom stereocenters. The van der Waals surface area contributed by atoms with Gasteiger partial charge in [0.05, 0.1) is 5.02 Å². The fourth-order valence-electron chi connectivity index (χ4n) is 1.48. The van der Waals surface area contributed by atoms with Gasteiger partial charge in [0.15, 0.2) is 5.82 Å². The van der Waals surface area contributed by atoms with Crippen LogP contribution < -0.4 is 10.2 Å². The summed E-state index contributed by atoms with van der Waals surface area (Å²) in [6.45, 7) is 0.743. The molecule has 1 aromatic carbocycles. The third kappa shape index (κ3) is 1.74. The average Bonchev–Trinajstić information content (AvgIpc) is 2.50. The van der Waals surface area contributed by atoms with E-state index in [0.717, 1.165) is 11.0 Å². The van der Waals surface area contributed by atoms with Gasteiger partial charge in [0, 0.05) is 19.2 Å². The van der Waals surface area contributed by atoms with Gasteiger partial charge in [-0.25, -0.2) is 13.6 Å². The second-order valence-electron chi connectivity index (χ2n) is 3.10. The van der Waals surface area contributed by atoms with Crippen LogP contribution in [0.25, 0.3) is 0 Å². The summed E-state index contributed by atoms with van der Waals surface area (Å²) in [6, 6.07) is 1.25.